The summed E-state index contributed by atoms with van der Waals surface area (Å²) < 4.78 is 55.1. The summed E-state index contributed by atoms with van der Waals surface area (Å²) in [4.78, 5) is 16.4. The average Bonchev–Trinajstić information content (AvgIpc) is 2.99. The second-order valence-corrected chi connectivity index (χ2v) is 5.20. The van der Waals surface area contributed by atoms with Gasteiger partial charge in [-0.3, -0.25) is 9.36 Å². The van der Waals surface area contributed by atoms with Gasteiger partial charge in [0.05, 0.1) is 16.8 Å². The highest BCUT2D eigenvalue weighted by Crippen LogP contribution is 2.37. The van der Waals surface area contributed by atoms with Crippen LogP contribution in [0.1, 0.15) is 21.5 Å². The Hall–Kier alpha value is -3.16. The number of alkyl halides is 3. The molecule has 1 aromatic heterocycles. The number of hydrogen-bond donors (Lipinski definition) is 1. The first kappa shape index (κ1) is 16.7. The molecule has 2 aromatic carbocycles. The molecule has 0 saturated carbocycles. The zero-order chi connectivity index (χ0) is 18.2. The summed E-state index contributed by atoms with van der Waals surface area (Å²) in [5.41, 5.74) is 3.41. The normalized spacial score (nSPS) is 11.5. The van der Waals surface area contributed by atoms with Crippen LogP contribution in [0.2, 0.25) is 0 Å². The summed E-state index contributed by atoms with van der Waals surface area (Å²) >= 11 is 0. The van der Waals surface area contributed by atoms with Crippen LogP contribution >= 0.6 is 0 Å². The quantitative estimate of drug-likeness (QED) is 0.577. The van der Waals surface area contributed by atoms with E-state index >= 15 is 0 Å². The molecule has 25 heavy (non-hydrogen) atoms. The van der Waals surface area contributed by atoms with Crippen molar-refractivity contribution in [2.45, 2.75) is 6.18 Å². The van der Waals surface area contributed by atoms with Crippen molar-refractivity contribution in [3.8, 4) is 5.69 Å². The van der Waals surface area contributed by atoms with Gasteiger partial charge in [0.2, 0.25) is 5.95 Å². The maximum atomic E-state index is 13.8. The third-order valence-electron chi connectivity index (χ3n) is 3.57. The van der Waals surface area contributed by atoms with E-state index < -0.39 is 34.6 Å². The minimum Gasteiger partial charge on any atom is -0.369 e. The number of hydrogen-bond acceptors (Lipinski definition) is 3. The molecule has 2 N–H and O–H groups in total. The molecular formula is C17H11F4N3O. The number of rotatable bonds is 3. The van der Waals surface area contributed by atoms with Gasteiger partial charge >= 0.3 is 6.18 Å². The molecule has 0 aliphatic rings. The van der Waals surface area contributed by atoms with Crippen LogP contribution in [0.3, 0.4) is 0 Å². The van der Waals surface area contributed by atoms with E-state index in [9.17, 15) is 22.4 Å². The van der Waals surface area contributed by atoms with Gasteiger partial charge in [0.25, 0.3) is 0 Å². The van der Waals surface area contributed by atoms with E-state index in [1.807, 2.05) is 0 Å². The minimum absolute atomic E-state index is 0.126. The van der Waals surface area contributed by atoms with Gasteiger partial charge in [-0.05, 0) is 12.1 Å². The largest absolute Gasteiger partial charge is 0.418 e. The lowest BCUT2D eigenvalue weighted by atomic mass is 9.98. The summed E-state index contributed by atoms with van der Waals surface area (Å²) in [6.45, 7) is 0. The molecule has 3 rings (SSSR count). The minimum atomic E-state index is -4.89. The number of nitrogens with zero attached hydrogens (tertiary/aromatic N) is 2. The van der Waals surface area contributed by atoms with Gasteiger partial charge in [-0.25, -0.2) is 9.37 Å². The van der Waals surface area contributed by atoms with Gasteiger partial charge in [0, 0.05) is 18.0 Å². The molecule has 0 amide bonds. The molecule has 0 aliphatic carbocycles. The van der Waals surface area contributed by atoms with E-state index in [0.717, 1.165) is 10.6 Å². The molecule has 0 aliphatic heterocycles. The van der Waals surface area contributed by atoms with Crippen LogP contribution in [0.15, 0.2) is 54.9 Å². The summed E-state index contributed by atoms with van der Waals surface area (Å²) in [6.07, 6.45) is -2.52. The number of nitrogens with two attached hydrogens (primary N) is 1. The van der Waals surface area contributed by atoms with Crippen LogP contribution in [0.5, 0.6) is 0 Å². The highest BCUT2D eigenvalue weighted by atomic mass is 19.4. The molecule has 128 valence electrons. The molecule has 3 aromatic rings. The Kier molecular flexibility index (Phi) is 4.03. The predicted molar refractivity (Wildman–Crippen MR) is 82.8 cm³/mol. The zero-order valence-corrected chi connectivity index (χ0v) is 12.6. The Morgan fingerprint density at radius 3 is 2.36 bits per heavy atom. The lowest BCUT2D eigenvalue weighted by Crippen LogP contribution is -2.17. The third-order valence-corrected chi connectivity index (χ3v) is 3.57. The van der Waals surface area contributed by atoms with Gasteiger partial charge in [-0.2, -0.15) is 13.2 Å². The molecule has 4 nitrogen and oxygen atoms in total. The van der Waals surface area contributed by atoms with E-state index in [2.05, 4.69) is 4.98 Å². The molecular weight excluding hydrogens is 338 g/mol. The average molecular weight is 349 g/mol. The van der Waals surface area contributed by atoms with Crippen molar-refractivity contribution in [2.24, 2.45) is 0 Å². The Morgan fingerprint density at radius 2 is 1.80 bits per heavy atom. The summed E-state index contributed by atoms with van der Waals surface area (Å²) in [6, 6.07) is 8.72. The first-order valence-electron chi connectivity index (χ1n) is 7.08. The number of ketones is 1. The van der Waals surface area contributed by atoms with Crippen molar-refractivity contribution >= 4 is 11.7 Å². The number of aromatic nitrogens is 2. The molecule has 0 bridgehead atoms. The second-order valence-electron chi connectivity index (χ2n) is 5.20. The van der Waals surface area contributed by atoms with E-state index in [1.165, 1.54) is 24.5 Å². The maximum Gasteiger partial charge on any atom is 0.418 e. The van der Waals surface area contributed by atoms with Crippen LogP contribution in [0, 0.1) is 5.82 Å². The van der Waals surface area contributed by atoms with E-state index in [1.54, 1.807) is 18.2 Å². The first-order valence-corrected chi connectivity index (χ1v) is 7.08. The number of halogens is 4. The van der Waals surface area contributed by atoms with Gasteiger partial charge in [0.1, 0.15) is 5.82 Å². The summed E-state index contributed by atoms with van der Waals surface area (Å²) in [5, 5.41) is 0. The Bertz CT molecular complexity index is 933. The van der Waals surface area contributed by atoms with Crippen molar-refractivity contribution in [2.75, 3.05) is 5.73 Å². The van der Waals surface area contributed by atoms with Crippen molar-refractivity contribution in [3.63, 3.8) is 0 Å². The van der Waals surface area contributed by atoms with E-state index in [-0.39, 0.29) is 11.5 Å². The van der Waals surface area contributed by atoms with E-state index in [0.29, 0.717) is 6.07 Å². The van der Waals surface area contributed by atoms with Crippen LogP contribution in [-0.2, 0) is 6.18 Å². The smallest absolute Gasteiger partial charge is 0.369 e. The van der Waals surface area contributed by atoms with Gasteiger partial charge < -0.3 is 5.73 Å². The summed E-state index contributed by atoms with van der Waals surface area (Å²) in [7, 11) is 0. The SMILES string of the molecule is Nc1nccn1-c1c(C(=O)c2ccccc2)cc(F)cc1C(F)(F)F. The number of imidazole rings is 1. The summed E-state index contributed by atoms with van der Waals surface area (Å²) in [5.74, 6) is -2.18. The fraction of sp³-hybridized carbons (Fsp3) is 0.0588. The van der Waals surface area contributed by atoms with E-state index in [4.69, 9.17) is 5.73 Å². The van der Waals surface area contributed by atoms with Crippen molar-refractivity contribution in [1.29, 1.82) is 0 Å². The highest BCUT2D eigenvalue weighted by Gasteiger charge is 2.37. The maximum absolute atomic E-state index is 13.8. The van der Waals surface area contributed by atoms with Crippen LogP contribution < -0.4 is 5.73 Å². The van der Waals surface area contributed by atoms with Crippen molar-refractivity contribution in [3.05, 3.63) is 77.4 Å². The number of carbonyl (C=O) groups excluding carboxylic acids is 1. The molecule has 1 heterocycles. The fourth-order valence-corrected chi connectivity index (χ4v) is 2.50. The molecule has 0 saturated heterocycles. The van der Waals surface area contributed by atoms with Gasteiger partial charge in [0.15, 0.2) is 5.78 Å². The van der Waals surface area contributed by atoms with Crippen LogP contribution in [0.25, 0.3) is 5.69 Å². The van der Waals surface area contributed by atoms with Crippen LogP contribution in [-0.4, -0.2) is 15.3 Å². The first-order chi connectivity index (χ1) is 11.8. The third kappa shape index (κ3) is 3.10. The number of anilines is 1. The zero-order valence-electron chi connectivity index (χ0n) is 12.6. The predicted octanol–water partition coefficient (Wildman–Crippen LogP) is 3.84. The van der Waals surface area contributed by atoms with Gasteiger partial charge in [-0.1, -0.05) is 30.3 Å². The van der Waals surface area contributed by atoms with Crippen molar-refractivity contribution in [1.82, 2.24) is 9.55 Å². The monoisotopic (exact) mass is 349 g/mol. The van der Waals surface area contributed by atoms with Crippen molar-refractivity contribution < 1.29 is 22.4 Å². The molecule has 0 fully saturated rings. The number of nitrogen functional groups attached to an aromatic ring is 1. The van der Waals surface area contributed by atoms with Crippen LogP contribution in [0.4, 0.5) is 23.5 Å². The second kappa shape index (κ2) is 6.04. The molecule has 0 spiro atoms. The molecule has 8 heteroatoms. The molecule has 0 radical (unpaired) electrons. The molecule has 0 atom stereocenters. The highest BCUT2D eigenvalue weighted by molar-refractivity contribution is 6.11. The Morgan fingerprint density at radius 1 is 1.12 bits per heavy atom. The standard InChI is InChI=1S/C17H11F4N3O/c18-11-8-12(15(25)10-4-2-1-3-5-10)14(13(9-11)17(19,20)21)24-7-6-23-16(24)22/h1-9H,(H2,22,23). The topological polar surface area (TPSA) is 60.9 Å². The molecule has 0 unspecified atom stereocenters. The Labute approximate surface area is 139 Å². The number of benzene rings is 2. The lowest BCUT2D eigenvalue weighted by Gasteiger charge is -2.18. The Balaban J connectivity index is 2.33. The lowest BCUT2D eigenvalue weighted by molar-refractivity contribution is -0.137. The van der Waals surface area contributed by atoms with Gasteiger partial charge in [-0.15, -0.1) is 0 Å². The fourth-order valence-electron chi connectivity index (χ4n) is 2.50. The number of carbonyl (C=O) groups is 1.